The molecule has 0 aromatic carbocycles. The Morgan fingerprint density at radius 2 is 2.38 bits per heavy atom. The van der Waals surface area contributed by atoms with Crippen molar-refractivity contribution >= 4 is 17.3 Å². The van der Waals surface area contributed by atoms with Gasteiger partial charge in [0.05, 0.1) is 9.88 Å². The lowest BCUT2D eigenvalue weighted by molar-refractivity contribution is -0.141. The van der Waals surface area contributed by atoms with Crippen molar-refractivity contribution < 1.29 is 15.0 Å². The van der Waals surface area contributed by atoms with Gasteiger partial charge in [0.15, 0.2) is 0 Å². The molecule has 0 aliphatic carbocycles. The van der Waals surface area contributed by atoms with Gasteiger partial charge in [0.2, 0.25) is 0 Å². The molecule has 13 heavy (non-hydrogen) atoms. The number of hydrogen-bond acceptors (Lipinski definition) is 5. The third kappa shape index (κ3) is 2.24. The largest absolute Gasteiger partial charge is 0.480 e. The number of carboxylic acids is 1. The summed E-state index contributed by atoms with van der Waals surface area (Å²) in [5, 5.41) is 18.7. The van der Waals surface area contributed by atoms with E-state index in [0.717, 1.165) is 5.01 Å². The zero-order valence-electron chi connectivity index (χ0n) is 6.97. The van der Waals surface area contributed by atoms with Crippen molar-refractivity contribution in [1.29, 1.82) is 0 Å². The number of thiazole rings is 1. The summed E-state index contributed by atoms with van der Waals surface area (Å²) in [4.78, 5) is 14.8. The summed E-state index contributed by atoms with van der Waals surface area (Å²) < 4.78 is 0. The molecule has 0 aliphatic heterocycles. The van der Waals surface area contributed by atoms with E-state index < -0.39 is 18.1 Å². The molecule has 0 saturated heterocycles. The summed E-state index contributed by atoms with van der Waals surface area (Å²) in [6.45, 7) is 1.77. The van der Waals surface area contributed by atoms with Gasteiger partial charge in [0.1, 0.15) is 12.1 Å². The minimum atomic E-state index is -1.29. The summed E-state index contributed by atoms with van der Waals surface area (Å²) in [6, 6.07) is -1.29. The molecule has 0 bridgehead atoms. The summed E-state index contributed by atoms with van der Waals surface area (Å²) in [7, 11) is 0. The summed E-state index contributed by atoms with van der Waals surface area (Å²) in [5.74, 6) is -1.22. The molecule has 0 amide bonds. The van der Waals surface area contributed by atoms with Crippen LogP contribution in [0, 0.1) is 6.92 Å². The second-order valence-corrected chi connectivity index (χ2v) is 3.86. The van der Waals surface area contributed by atoms with Crippen LogP contribution in [0.5, 0.6) is 0 Å². The van der Waals surface area contributed by atoms with Crippen LogP contribution in [0.4, 0.5) is 0 Å². The maximum atomic E-state index is 10.4. The molecular formula is C7H10N2O3S. The number of aliphatic carboxylic acids is 1. The number of nitrogens with zero attached hydrogens (tertiary/aromatic N) is 1. The quantitative estimate of drug-likeness (QED) is 0.635. The molecule has 1 rings (SSSR count). The smallest absolute Gasteiger partial charge is 0.323 e. The Morgan fingerprint density at radius 3 is 2.77 bits per heavy atom. The predicted octanol–water partition coefficient (Wildman–Crippen LogP) is -0.103. The lowest BCUT2D eigenvalue weighted by Gasteiger charge is -2.11. The van der Waals surface area contributed by atoms with Crippen molar-refractivity contribution in [1.82, 2.24) is 4.98 Å². The molecule has 0 aliphatic rings. The van der Waals surface area contributed by atoms with Gasteiger partial charge in [-0.15, -0.1) is 11.3 Å². The van der Waals surface area contributed by atoms with Crippen LogP contribution in [0.2, 0.25) is 0 Å². The molecule has 4 N–H and O–H groups in total. The number of aliphatic hydroxyl groups is 1. The number of aromatic nitrogens is 1. The van der Waals surface area contributed by atoms with E-state index in [1.807, 2.05) is 0 Å². The highest BCUT2D eigenvalue weighted by molar-refractivity contribution is 7.11. The van der Waals surface area contributed by atoms with Gasteiger partial charge in [-0.3, -0.25) is 4.79 Å². The van der Waals surface area contributed by atoms with Gasteiger partial charge in [-0.1, -0.05) is 0 Å². The average Bonchev–Trinajstić information content (AvgIpc) is 2.49. The first-order valence-corrected chi connectivity index (χ1v) is 4.43. The Labute approximate surface area is 78.8 Å². The van der Waals surface area contributed by atoms with Crippen molar-refractivity contribution in [3.63, 3.8) is 0 Å². The molecular weight excluding hydrogens is 192 g/mol. The summed E-state index contributed by atoms with van der Waals surface area (Å²) in [5.41, 5.74) is 5.23. The van der Waals surface area contributed by atoms with Crippen LogP contribution in [-0.4, -0.2) is 27.2 Å². The van der Waals surface area contributed by atoms with Crippen molar-refractivity contribution in [2.75, 3.05) is 0 Å². The van der Waals surface area contributed by atoms with Crippen LogP contribution in [0.3, 0.4) is 0 Å². The third-order valence-electron chi connectivity index (χ3n) is 1.56. The molecule has 5 nitrogen and oxygen atoms in total. The summed E-state index contributed by atoms with van der Waals surface area (Å²) >= 11 is 1.24. The molecule has 1 heterocycles. The van der Waals surface area contributed by atoms with Crippen molar-refractivity contribution in [2.24, 2.45) is 5.73 Å². The normalized spacial score (nSPS) is 15.3. The van der Waals surface area contributed by atoms with E-state index in [1.54, 1.807) is 6.92 Å². The number of hydrogen-bond donors (Lipinski definition) is 3. The van der Waals surface area contributed by atoms with Gasteiger partial charge in [-0.05, 0) is 6.92 Å². The standard InChI is InChI=1S/C7H10N2O3S/c1-3-9-2-4(13-3)6(10)5(8)7(11)12/h2,5-6,10H,8H2,1H3,(H,11,12). The molecule has 0 radical (unpaired) electrons. The summed E-state index contributed by atoms with van der Waals surface area (Å²) in [6.07, 6.45) is 0.261. The Hall–Kier alpha value is -0.980. The van der Waals surface area contributed by atoms with Crippen LogP contribution < -0.4 is 5.73 Å². The first-order chi connectivity index (χ1) is 6.02. The van der Waals surface area contributed by atoms with Gasteiger partial charge in [0.25, 0.3) is 0 Å². The number of carboxylic acid groups (broad SMARTS) is 1. The van der Waals surface area contributed by atoms with E-state index in [-0.39, 0.29) is 0 Å². The fourth-order valence-corrected chi connectivity index (χ4v) is 1.65. The third-order valence-corrected chi connectivity index (χ3v) is 2.54. The molecule has 72 valence electrons. The van der Waals surface area contributed by atoms with Gasteiger partial charge in [-0.2, -0.15) is 0 Å². The molecule has 1 aromatic heterocycles. The van der Waals surface area contributed by atoms with E-state index >= 15 is 0 Å². The Kier molecular flexibility index (Phi) is 2.97. The first kappa shape index (κ1) is 10.1. The van der Waals surface area contributed by atoms with E-state index in [1.165, 1.54) is 17.5 Å². The van der Waals surface area contributed by atoms with Crippen LogP contribution in [-0.2, 0) is 4.79 Å². The molecule has 0 fully saturated rings. The number of carbonyl (C=O) groups is 1. The van der Waals surface area contributed by atoms with Crippen LogP contribution >= 0.6 is 11.3 Å². The number of aliphatic hydroxyl groups excluding tert-OH is 1. The first-order valence-electron chi connectivity index (χ1n) is 3.61. The highest BCUT2D eigenvalue weighted by Crippen LogP contribution is 2.22. The zero-order valence-corrected chi connectivity index (χ0v) is 7.78. The minimum Gasteiger partial charge on any atom is -0.480 e. The van der Waals surface area contributed by atoms with Crippen molar-refractivity contribution in [2.45, 2.75) is 19.1 Å². The van der Waals surface area contributed by atoms with Gasteiger partial charge < -0.3 is 15.9 Å². The van der Waals surface area contributed by atoms with Crippen molar-refractivity contribution in [3.8, 4) is 0 Å². The fraction of sp³-hybridized carbons (Fsp3) is 0.429. The lowest BCUT2D eigenvalue weighted by atomic mass is 10.1. The molecule has 6 heteroatoms. The van der Waals surface area contributed by atoms with E-state index in [4.69, 9.17) is 10.8 Å². The SMILES string of the molecule is Cc1ncc(C(O)C(N)C(=O)O)s1. The average molecular weight is 202 g/mol. The van der Waals surface area contributed by atoms with E-state index in [9.17, 15) is 9.90 Å². The lowest BCUT2D eigenvalue weighted by Crippen LogP contribution is -2.36. The predicted molar refractivity (Wildman–Crippen MR) is 47.4 cm³/mol. The highest BCUT2D eigenvalue weighted by Gasteiger charge is 2.24. The number of nitrogens with two attached hydrogens (primary N) is 1. The molecule has 0 saturated carbocycles. The zero-order chi connectivity index (χ0) is 10.0. The topological polar surface area (TPSA) is 96.4 Å². The maximum absolute atomic E-state index is 10.4. The van der Waals surface area contributed by atoms with Gasteiger partial charge in [0, 0.05) is 6.20 Å². The number of rotatable bonds is 3. The Balaban J connectivity index is 2.78. The molecule has 1 aromatic rings. The van der Waals surface area contributed by atoms with Gasteiger partial charge in [-0.25, -0.2) is 4.98 Å². The van der Waals surface area contributed by atoms with Crippen LogP contribution in [0.1, 0.15) is 16.0 Å². The molecule has 0 spiro atoms. The van der Waals surface area contributed by atoms with Gasteiger partial charge >= 0.3 is 5.97 Å². The van der Waals surface area contributed by atoms with E-state index in [2.05, 4.69) is 4.98 Å². The maximum Gasteiger partial charge on any atom is 0.323 e. The molecule has 2 atom stereocenters. The molecule has 2 unspecified atom stereocenters. The second-order valence-electron chi connectivity index (χ2n) is 2.59. The van der Waals surface area contributed by atoms with Crippen molar-refractivity contribution in [3.05, 3.63) is 16.1 Å². The fourth-order valence-electron chi connectivity index (χ4n) is 0.827. The Morgan fingerprint density at radius 1 is 1.77 bits per heavy atom. The second kappa shape index (κ2) is 3.82. The Bertz CT molecular complexity index is 312. The van der Waals surface area contributed by atoms with E-state index in [0.29, 0.717) is 4.88 Å². The highest BCUT2D eigenvalue weighted by atomic mass is 32.1. The minimum absolute atomic E-state index is 0.479. The number of aryl methyl sites for hydroxylation is 1. The monoisotopic (exact) mass is 202 g/mol. The van der Waals surface area contributed by atoms with Crippen LogP contribution in [0.15, 0.2) is 6.20 Å². The van der Waals surface area contributed by atoms with Crippen LogP contribution in [0.25, 0.3) is 0 Å².